The third kappa shape index (κ3) is 3.43. The Labute approximate surface area is 215 Å². The van der Waals surface area contributed by atoms with Gasteiger partial charge in [-0.25, -0.2) is 9.97 Å². The van der Waals surface area contributed by atoms with Gasteiger partial charge in [0.2, 0.25) is 0 Å². The van der Waals surface area contributed by atoms with Gasteiger partial charge in [-0.2, -0.15) is 0 Å². The Morgan fingerprint density at radius 2 is 0.946 bits per heavy atom. The van der Waals surface area contributed by atoms with E-state index >= 15 is 0 Å². The van der Waals surface area contributed by atoms with Crippen molar-refractivity contribution < 1.29 is 0 Å². The van der Waals surface area contributed by atoms with Crippen molar-refractivity contribution in [3.63, 3.8) is 0 Å². The number of hydrogen-bond donors (Lipinski definition) is 0. The largest absolute Gasteiger partial charge is 0.310 e. The number of nitrogens with zero attached hydrogens (tertiary/aromatic N) is 3. The first-order valence-corrected chi connectivity index (χ1v) is 12.6. The zero-order valence-electron chi connectivity index (χ0n) is 20.8. The number of fused-ring (bicyclic) bond motifs is 7. The average molecular weight is 476 g/mol. The lowest BCUT2D eigenvalue weighted by molar-refractivity contribution is 1.23. The molecule has 0 saturated carbocycles. The van der Waals surface area contributed by atoms with E-state index in [4.69, 9.17) is 9.97 Å². The van der Waals surface area contributed by atoms with Crippen LogP contribution in [0, 0.1) is 13.8 Å². The molecule has 1 heterocycles. The van der Waals surface area contributed by atoms with Gasteiger partial charge in [-0.3, -0.25) is 0 Å². The fourth-order valence-corrected chi connectivity index (χ4v) is 5.44. The summed E-state index contributed by atoms with van der Waals surface area (Å²) in [4.78, 5) is 12.5. The topological polar surface area (TPSA) is 29.0 Å². The highest BCUT2D eigenvalue weighted by molar-refractivity contribution is 6.24. The van der Waals surface area contributed by atoms with Crippen molar-refractivity contribution in [1.29, 1.82) is 0 Å². The third-order valence-electron chi connectivity index (χ3n) is 7.27. The quantitative estimate of drug-likeness (QED) is 0.188. The molecule has 0 saturated heterocycles. The second-order valence-corrected chi connectivity index (χ2v) is 9.59. The van der Waals surface area contributed by atoms with Crippen molar-refractivity contribution in [2.24, 2.45) is 0 Å². The third-order valence-corrected chi connectivity index (χ3v) is 7.27. The van der Waals surface area contributed by atoms with E-state index in [9.17, 15) is 0 Å². The Morgan fingerprint density at radius 3 is 1.54 bits per heavy atom. The van der Waals surface area contributed by atoms with E-state index in [2.05, 4.69) is 110 Å². The van der Waals surface area contributed by atoms with Crippen LogP contribution < -0.4 is 4.90 Å². The highest BCUT2D eigenvalue weighted by atomic mass is 15.1. The van der Waals surface area contributed by atoms with Crippen LogP contribution in [0.3, 0.4) is 0 Å². The number of aryl methyl sites for hydroxylation is 2. The van der Waals surface area contributed by atoms with Gasteiger partial charge < -0.3 is 4.90 Å². The average Bonchev–Trinajstić information content (AvgIpc) is 2.94. The SMILES string of the molecule is Cc1ccccc1N(c1ccc2c(c1)c1ccccc1c1nc3ccccc3nc21)c1ccccc1C. The molecular formula is C34H25N3. The molecule has 3 heteroatoms. The summed E-state index contributed by atoms with van der Waals surface area (Å²) in [5.74, 6) is 0. The highest BCUT2D eigenvalue weighted by Gasteiger charge is 2.18. The molecule has 176 valence electrons. The molecule has 0 bridgehead atoms. The molecular weight excluding hydrogens is 450 g/mol. The van der Waals surface area contributed by atoms with Crippen LogP contribution in [0.4, 0.5) is 17.1 Å². The molecule has 6 aromatic carbocycles. The monoisotopic (exact) mass is 475 g/mol. The first kappa shape index (κ1) is 21.5. The molecule has 7 rings (SSSR count). The fraction of sp³-hybridized carbons (Fsp3) is 0.0588. The minimum absolute atomic E-state index is 0.914. The molecule has 0 aliphatic heterocycles. The van der Waals surface area contributed by atoms with Gasteiger partial charge in [0.1, 0.15) is 0 Å². The van der Waals surface area contributed by atoms with Crippen LogP contribution >= 0.6 is 0 Å². The van der Waals surface area contributed by atoms with Gasteiger partial charge in [-0.1, -0.05) is 78.9 Å². The maximum Gasteiger partial charge on any atom is 0.0979 e. The standard InChI is InChI=1S/C34H25N3/c1-22-11-3-9-17-31(22)37(32-18-10-4-12-23(32)2)24-19-20-27-28(21-24)25-13-5-6-14-26(25)33-34(27)36-30-16-8-7-15-29(30)35-33/h3-21H,1-2H3. The van der Waals surface area contributed by atoms with Crippen molar-refractivity contribution in [2.75, 3.05) is 4.90 Å². The van der Waals surface area contributed by atoms with Gasteiger partial charge >= 0.3 is 0 Å². The van der Waals surface area contributed by atoms with Gasteiger partial charge in [0.05, 0.1) is 22.1 Å². The Hall–Kier alpha value is -4.76. The summed E-state index contributed by atoms with van der Waals surface area (Å²) in [6.45, 7) is 4.34. The lowest BCUT2D eigenvalue weighted by Crippen LogP contribution is -2.12. The van der Waals surface area contributed by atoms with E-state index < -0.39 is 0 Å². The van der Waals surface area contributed by atoms with Gasteiger partial charge in [0, 0.05) is 27.8 Å². The molecule has 0 atom stereocenters. The molecule has 0 N–H and O–H groups in total. The molecule has 0 aliphatic carbocycles. The number of rotatable bonds is 3. The Balaban J connectivity index is 1.58. The van der Waals surface area contributed by atoms with Gasteiger partial charge in [0.15, 0.2) is 0 Å². The molecule has 0 spiro atoms. The number of aromatic nitrogens is 2. The maximum absolute atomic E-state index is 5.10. The zero-order chi connectivity index (χ0) is 24.9. The number of anilines is 3. The second-order valence-electron chi connectivity index (χ2n) is 9.59. The molecule has 0 aliphatic rings. The van der Waals surface area contributed by atoms with Gasteiger partial charge in [0.25, 0.3) is 0 Å². The van der Waals surface area contributed by atoms with E-state index in [1.165, 1.54) is 33.3 Å². The first-order chi connectivity index (χ1) is 18.2. The van der Waals surface area contributed by atoms with E-state index in [0.717, 1.165) is 38.5 Å². The molecule has 0 unspecified atom stereocenters. The van der Waals surface area contributed by atoms with Crippen LogP contribution in [0.25, 0.3) is 43.6 Å². The molecule has 1 aromatic heterocycles. The normalized spacial score (nSPS) is 11.5. The zero-order valence-corrected chi connectivity index (χ0v) is 20.8. The van der Waals surface area contributed by atoms with Crippen LogP contribution in [0.15, 0.2) is 115 Å². The fourth-order valence-electron chi connectivity index (χ4n) is 5.44. The van der Waals surface area contributed by atoms with Crippen LogP contribution in [0.1, 0.15) is 11.1 Å². The second kappa shape index (κ2) is 8.42. The maximum atomic E-state index is 5.10. The minimum Gasteiger partial charge on any atom is -0.310 e. The lowest BCUT2D eigenvalue weighted by atomic mass is 9.98. The lowest BCUT2D eigenvalue weighted by Gasteiger charge is -2.29. The van der Waals surface area contributed by atoms with Crippen LogP contribution in [0.5, 0.6) is 0 Å². The van der Waals surface area contributed by atoms with Crippen molar-refractivity contribution in [3.8, 4) is 0 Å². The van der Waals surface area contributed by atoms with Crippen LogP contribution in [-0.2, 0) is 0 Å². The molecule has 0 amide bonds. The molecule has 0 radical (unpaired) electrons. The minimum atomic E-state index is 0.914. The summed E-state index contributed by atoms with van der Waals surface area (Å²) >= 11 is 0. The van der Waals surface area contributed by atoms with Crippen LogP contribution in [0.2, 0.25) is 0 Å². The van der Waals surface area contributed by atoms with Gasteiger partial charge in [-0.15, -0.1) is 0 Å². The number of benzene rings is 6. The summed E-state index contributed by atoms with van der Waals surface area (Å²) in [7, 11) is 0. The number of para-hydroxylation sites is 4. The summed E-state index contributed by atoms with van der Waals surface area (Å²) in [6, 6.07) is 40.5. The van der Waals surface area contributed by atoms with Crippen LogP contribution in [-0.4, -0.2) is 9.97 Å². The van der Waals surface area contributed by atoms with Crippen molar-refractivity contribution in [2.45, 2.75) is 13.8 Å². The van der Waals surface area contributed by atoms with Crippen molar-refractivity contribution in [1.82, 2.24) is 9.97 Å². The molecule has 0 fully saturated rings. The number of hydrogen-bond acceptors (Lipinski definition) is 3. The smallest absolute Gasteiger partial charge is 0.0979 e. The Kier molecular flexibility index (Phi) is 4.90. The van der Waals surface area contributed by atoms with E-state index in [-0.39, 0.29) is 0 Å². The first-order valence-electron chi connectivity index (χ1n) is 12.6. The van der Waals surface area contributed by atoms with E-state index in [1.807, 2.05) is 24.3 Å². The predicted octanol–water partition coefficient (Wildman–Crippen LogP) is 9.18. The molecule has 7 aromatic rings. The van der Waals surface area contributed by atoms with Gasteiger partial charge in [-0.05, 0) is 72.1 Å². The summed E-state index contributed by atoms with van der Waals surface area (Å²) < 4.78 is 0. The van der Waals surface area contributed by atoms with E-state index in [1.54, 1.807) is 0 Å². The Morgan fingerprint density at radius 1 is 0.459 bits per heavy atom. The van der Waals surface area contributed by atoms with E-state index in [0.29, 0.717) is 0 Å². The van der Waals surface area contributed by atoms with Crippen molar-refractivity contribution >= 4 is 60.7 Å². The summed E-state index contributed by atoms with van der Waals surface area (Å²) in [5, 5.41) is 4.60. The predicted molar refractivity (Wildman–Crippen MR) is 156 cm³/mol. The highest BCUT2D eigenvalue weighted by Crippen LogP contribution is 2.41. The molecule has 37 heavy (non-hydrogen) atoms. The summed E-state index contributed by atoms with van der Waals surface area (Å²) in [5.41, 5.74) is 9.64. The van der Waals surface area contributed by atoms with Crippen molar-refractivity contribution in [3.05, 3.63) is 126 Å². The summed E-state index contributed by atoms with van der Waals surface area (Å²) in [6.07, 6.45) is 0. The molecule has 3 nitrogen and oxygen atoms in total. The Bertz CT molecular complexity index is 1930.